The summed E-state index contributed by atoms with van der Waals surface area (Å²) < 4.78 is 0. The number of rotatable bonds is 0. The Hall–Kier alpha value is -0.0500. The summed E-state index contributed by atoms with van der Waals surface area (Å²) >= 11 is 2.15. The summed E-state index contributed by atoms with van der Waals surface area (Å²) in [6.07, 6.45) is 0. The second-order valence-corrected chi connectivity index (χ2v) is 1.15. The van der Waals surface area contributed by atoms with E-state index in [1.807, 2.05) is 41.3 Å². The van der Waals surface area contributed by atoms with Crippen LogP contribution in [0.3, 0.4) is 0 Å². The van der Waals surface area contributed by atoms with Crippen LogP contribution in [-0.2, 0) is 0 Å². The van der Waals surface area contributed by atoms with Crippen LogP contribution in [0.5, 0.6) is 0 Å². The molecule has 0 atom stereocenters. The molecular weight excluding hydrogens is 211 g/mol. The molecule has 0 aliphatic rings. The number of hydrogen-bond donors (Lipinski definition) is 0. The van der Waals surface area contributed by atoms with E-state index in [0.717, 1.165) is 0 Å². The standard InChI is InChI=1S/C6H6.CH3I/c1-2-4-6-5-3-1;1-2/h1-6H;1H3. The molecule has 8 heavy (non-hydrogen) atoms. The van der Waals surface area contributed by atoms with Crippen molar-refractivity contribution in [2.24, 2.45) is 0 Å². The topological polar surface area (TPSA) is 0 Å². The Balaban J connectivity index is 0.000000222. The van der Waals surface area contributed by atoms with Crippen molar-refractivity contribution in [2.45, 2.75) is 0 Å². The van der Waals surface area contributed by atoms with Crippen molar-refractivity contribution >= 4 is 22.6 Å². The van der Waals surface area contributed by atoms with Crippen LogP contribution in [0.4, 0.5) is 0 Å². The molecule has 0 radical (unpaired) electrons. The first kappa shape index (κ1) is 7.95. The van der Waals surface area contributed by atoms with E-state index in [-0.39, 0.29) is 0 Å². The van der Waals surface area contributed by atoms with Crippen molar-refractivity contribution in [3.63, 3.8) is 0 Å². The fraction of sp³-hybridized carbons (Fsp3) is 0.143. The van der Waals surface area contributed by atoms with Gasteiger partial charge in [0.1, 0.15) is 0 Å². The molecule has 0 nitrogen and oxygen atoms in total. The van der Waals surface area contributed by atoms with Crippen molar-refractivity contribution in [2.75, 3.05) is 4.93 Å². The average molecular weight is 220 g/mol. The lowest BCUT2D eigenvalue weighted by molar-refractivity contribution is 1.72. The first-order valence-corrected chi connectivity index (χ1v) is 4.54. The van der Waals surface area contributed by atoms with Crippen LogP contribution in [0.25, 0.3) is 0 Å². The highest BCUT2D eigenvalue weighted by Gasteiger charge is 1.57. The molecule has 0 aromatic heterocycles. The number of alkyl halides is 1. The van der Waals surface area contributed by atoms with Crippen LogP contribution in [0.15, 0.2) is 36.4 Å². The van der Waals surface area contributed by atoms with Crippen LogP contribution in [0, 0.1) is 0 Å². The maximum Gasteiger partial charge on any atom is -0.0121 e. The third-order valence-electron chi connectivity index (χ3n) is 0.667. The molecule has 0 heterocycles. The summed E-state index contributed by atoms with van der Waals surface area (Å²) in [6.45, 7) is 0. The van der Waals surface area contributed by atoms with Gasteiger partial charge in [0.25, 0.3) is 0 Å². The van der Waals surface area contributed by atoms with Gasteiger partial charge in [-0.05, 0) is 4.93 Å². The predicted octanol–water partition coefficient (Wildman–Crippen LogP) is 2.74. The van der Waals surface area contributed by atoms with Crippen molar-refractivity contribution in [1.82, 2.24) is 0 Å². The maximum atomic E-state index is 2.15. The number of halogens is 1. The van der Waals surface area contributed by atoms with Crippen LogP contribution < -0.4 is 0 Å². The van der Waals surface area contributed by atoms with Gasteiger partial charge in [-0.15, -0.1) is 0 Å². The molecule has 1 aromatic rings. The Labute approximate surface area is 64.1 Å². The second-order valence-electron chi connectivity index (χ2n) is 1.15. The molecule has 0 spiro atoms. The van der Waals surface area contributed by atoms with Crippen molar-refractivity contribution < 1.29 is 0 Å². The summed E-state index contributed by atoms with van der Waals surface area (Å²) in [4.78, 5) is 1.97. The van der Waals surface area contributed by atoms with E-state index >= 15 is 0 Å². The second kappa shape index (κ2) is 6.95. The Morgan fingerprint density at radius 2 is 0.750 bits per heavy atom. The van der Waals surface area contributed by atoms with Gasteiger partial charge in [0.15, 0.2) is 0 Å². The molecule has 1 aromatic carbocycles. The highest BCUT2D eigenvalue weighted by molar-refractivity contribution is 14.1. The molecule has 0 saturated heterocycles. The largest absolute Gasteiger partial charge is 0.0901 e. The van der Waals surface area contributed by atoms with Crippen LogP contribution in [0.1, 0.15) is 0 Å². The molecule has 0 N–H and O–H groups in total. The van der Waals surface area contributed by atoms with Crippen LogP contribution in [0.2, 0.25) is 0 Å². The Bertz CT molecular complexity index is 76.3. The molecule has 0 aliphatic heterocycles. The normalized spacial score (nSPS) is 6.75. The lowest BCUT2D eigenvalue weighted by Gasteiger charge is -1.69. The summed E-state index contributed by atoms with van der Waals surface area (Å²) in [5.74, 6) is 0. The van der Waals surface area contributed by atoms with Gasteiger partial charge in [-0.3, -0.25) is 0 Å². The molecule has 0 fully saturated rings. The smallest absolute Gasteiger partial charge is 0.0121 e. The van der Waals surface area contributed by atoms with Gasteiger partial charge in [-0.1, -0.05) is 59.0 Å². The fourth-order valence-corrected chi connectivity index (χ4v) is 0.385. The molecule has 44 valence electrons. The molecular formula is C7H9I. The first-order chi connectivity index (χ1) is 4.00. The van der Waals surface area contributed by atoms with E-state index in [4.69, 9.17) is 0 Å². The Morgan fingerprint density at radius 1 is 0.625 bits per heavy atom. The van der Waals surface area contributed by atoms with Gasteiger partial charge in [0, 0.05) is 0 Å². The van der Waals surface area contributed by atoms with Gasteiger partial charge in [-0.25, -0.2) is 0 Å². The SMILES string of the molecule is CI.c1ccccc1. The highest BCUT2D eigenvalue weighted by atomic mass is 127. The van der Waals surface area contributed by atoms with Crippen molar-refractivity contribution in [1.29, 1.82) is 0 Å². The monoisotopic (exact) mass is 220 g/mol. The molecule has 1 heteroatoms. The van der Waals surface area contributed by atoms with Crippen LogP contribution in [-0.4, -0.2) is 4.93 Å². The Morgan fingerprint density at radius 3 is 0.875 bits per heavy atom. The third-order valence-corrected chi connectivity index (χ3v) is 0.667. The minimum atomic E-state index is 1.97. The van der Waals surface area contributed by atoms with E-state index in [9.17, 15) is 0 Å². The molecule has 0 aliphatic carbocycles. The minimum absolute atomic E-state index is 1.97. The number of hydrogen-bond acceptors (Lipinski definition) is 0. The zero-order chi connectivity index (χ0) is 6.24. The van der Waals surface area contributed by atoms with E-state index < -0.39 is 0 Å². The molecule has 0 saturated carbocycles. The molecule has 1 rings (SSSR count). The first-order valence-electron chi connectivity index (χ1n) is 2.38. The van der Waals surface area contributed by atoms with Gasteiger partial charge < -0.3 is 0 Å². The average Bonchev–Trinajstić information content (AvgIpc) is 1.96. The van der Waals surface area contributed by atoms with Crippen molar-refractivity contribution in [3.05, 3.63) is 36.4 Å². The lowest BCUT2D eigenvalue weighted by atomic mass is 10.4. The van der Waals surface area contributed by atoms with Gasteiger partial charge >= 0.3 is 0 Å². The predicted molar refractivity (Wildman–Crippen MR) is 46.4 cm³/mol. The Kier molecular flexibility index (Phi) is 6.91. The summed E-state index contributed by atoms with van der Waals surface area (Å²) in [6, 6.07) is 12.0. The van der Waals surface area contributed by atoms with E-state index in [1.165, 1.54) is 0 Å². The maximum absolute atomic E-state index is 2.15. The van der Waals surface area contributed by atoms with E-state index in [2.05, 4.69) is 22.6 Å². The summed E-state index contributed by atoms with van der Waals surface area (Å²) in [7, 11) is 0. The third kappa shape index (κ3) is 4.12. The lowest BCUT2D eigenvalue weighted by Crippen LogP contribution is -1.47. The van der Waals surface area contributed by atoms with Gasteiger partial charge in [0.05, 0.1) is 0 Å². The fourth-order valence-electron chi connectivity index (χ4n) is 0.385. The molecule has 0 unspecified atom stereocenters. The summed E-state index contributed by atoms with van der Waals surface area (Å²) in [5, 5.41) is 0. The van der Waals surface area contributed by atoms with Crippen molar-refractivity contribution in [3.8, 4) is 0 Å². The molecule has 0 amide bonds. The molecule has 0 bridgehead atoms. The summed E-state index contributed by atoms with van der Waals surface area (Å²) in [5.41, 5.74) is 0. The van der Waals surface area contributed by atoms with Crippen LogP contribution >= 0.6 is 22.6 Å². The van der Waals surface area contributed by atoms with E-state index in [0.29, 0.717) is 0 Å². The zero-order valence-corrected chi connectivity index (χ0v) is 7.00. The zero-order valence-electron chi connectivity index (χ0n) is 4.84. The minimum Gasteiger partial charge on any atom is -0.0901 e. The quantitative estimate of drug-likeness (QED) is 0.465. The van der Waals surface area contributed by atoms with E-state index in [1.54, 1.807) is 0 Å². The number of benzene rings is 1. The van der Waals surface area contributed by atoms with Gasteiger partial charge in [0.2, 0.25) is 0 Å². The highest BCUT2D eigenvalue weighted by Crippen LogP contribution is 1.79. The van der Waals surface area contributed by atoms with Gasteiger partial charge in [-0.2, -0.15) is 0 Å².